The van der Waals surface area contributed by atoms with Crippen LogP contribution in [0.15, 0.2) is 43.0 Å². The third-order valence-corrected chi connectivity index (χ3v) is 3.14. The van der Waals surface area contributed by atoms with Crippen LogP contribution in [-0.2, 0) is 13.1 Å². The Morgan fingerprint density at radius 1 is 1.33 bits per heavy atom. The molecule has 0 aliphatic carbocycles. The summed E-state index contributed by atoms with van der Waals surface area (Å²) in [5.74, 6) is -0.0426. The van der Waals surface area contributed by atoms with Gasteiger partial charge in [-0.2, -0.15) is 0 Å². The zero-order chi connectivity index (χ0) is 15.2. The van der Waals surface area contributed by atoms with Gasteiger partial charge in [0.15, 0.2) is 0 Å². The maximum atomic E-state index is 12.2. The lowest BCUT2D eigenvalue weighted by atomic mass is 10.1. The second-order valence-electron chi connectivity index (χ2n) is 5.57. The minimum Gasteiger partial charge on any atom is -0.348 e. The molecule has 1 atom stereocenters. The van der Waals surface area contributed by atoms with Crippen molar-refractivity contribution in [2.75, 3.05) is 14.1 Å². The van der Waals surface area contributed by atoms with Crippen LogP contribution in [0, 0.1) is 0 Å². The normalized spacial score (nSPS) is 12.4. The second kappa shape index (κ2) is 7.04. The van der Waals surface area contributed by atoms with Crippen molar-refractivity contribution in [1.29, 1.82) is 0 Å². The van der Waals surface area contributed by atoms with E-state index in [2.05, 4.69) is 15.2 Å². The molecule has 1 heterocycles. The SMILES string of the molecule is CC(Cn1ccnc1)NC(=O)c1ccc(CN(C)C)cc1. The van der Waals surface area contributed by atoms with Gasteiger partial charge < -0.3 is 14.8 Å². The Morgan fingerprint density at radius 3 is 2.62 bits per heavy atom. The first-order valence-corrected chi connectivity index (χ1v) is 7.05. The predicted octanol–water partition coefficient (Wildman–Crippen LogP) is 1.76. The summed E-state index contributed by atoms with van der Waals surface area (Å²) in [4.78, 5) is 18.3. The molecule has 5 heteroatoms. The second-order valence-corrected chi connectivity index (χ2v) is 5.57. The maximum Gasteiger partial charge on any atom is 0.251 e. The molecule has 2 aromatic rings. The van der Waals surface area contributed by atoms with Crippen LogP contribution < -0.4 is 5.32 Å². The van der Waals surface area contributed by atoms with E-state index >= 15 is 0 Å². The Balaban J connectivity index is 1.90. The first-order valence-electron chi connectivity index (χ1n) is 7.05. The molecule has 0 radical (unpaired) electrons. The molecule has 0 saturated heterocycles. The van der Waals surface area contributed by atoms with Crippen LogP contribution in [0.25, 0.3) is 0 Å². The first kappa shape index (κ1) is 15.3. The largest absolute Gasteiger partial charge is 0.348 e. The molecule has 1 N–H and O–H groups in total. The average Bonchev–Trinajstić information content (AvgIpc) is 2.91. The molecule has 0 spiro atoms. The van der Waals surface area contributed by atoms with Crippen molar-refractivity contribution < 1.29 is 4.79 Å². The highest BCUT2D eigenvalue weighted by molar-refractivity contribution is 5.94. The van der Waals surface area contributed by atoms with E-state index in [0.717, 1.165) is 6.54 Å². The van der Waals surface area contributed by atoms with Gasteiger partial charge in [-0.1, -0.05) is 12.1 Å². The number of hydrogen-bond donors (Lipinski definition) is 1. The quantitative estimate of drug-likeness (QED) is 0.880. The Hall–Kier alpha value is -2.14. The smallest absolute Gasteiger partial charge is 0.251 e. The van der Waals surface area contributed by atoms with Crippen molar-refractivity contribution in [1.82, 2.24) is 19.8 Å². The molecule has 112 valence electrons. The van der Waals surface area contributed by atoms with E-state index in [1.54, 1.807) is 12.5 Å². The van der Waals surface area contributed by atoms with Gasteiger partial charge in [-0.3, -0.25) is 4.79 Å². The van der Waals surface area contributed by atoms with Crippen LogP contribution >= 0.6 is 0 Å². The van der Waals surface area contributed by atoms with Crippen molar-refractivity contribution >= 4 is 5.91 Å². The number of nitrogens with one attached hydrogen (secondary N) is 1. The van der Waals surface area contributed by atoms with Crippen molar-refractivity contribution in [3.05, 3.63) is 54.1 Å². The molecule has 0 saturated carbocycles. The summed E-state index contributed by atoms with van der Waals surface area (Å²) in [6.07, 6.45) is 5.37. The van der Waals surface area contributed by atoms with Crippen molar-refractivity contribution in [2.24, 2.45) is 0 Å². The van der Waals surface area contributed by atoms with Gasteiger partial charge >= 0.3 is 0 Å². The number of benzene rings is 1. The van der Waals surface area contributed by atoms with Gasteiger partial charge in [0.2, 0.25) is 0 Å². The van der Waals surface area contributed by atoms with Gasteiger partial charge in [0.1, 0.15) is 0 Å². The first-order chi connectivity index (χ1) is 10.0. The number of imidazole rings is 1. The average molecular weight is 286 g/mol. The number of carbonyl (C=O) groups is 1. The lowest BCUT2D eigenvalue weighted by Gasteiger charge is -2.15. The van der Waals surface area contributed by atoms with E-state index in [4.69, 9.17) is 0 Å². The Kier molecular flexibility index (Phi) is 5.11. The fraction of sp³-hybridized carbons (Fsp3) is 0.375. The van der Waals surface area contributed by atoms with Gasteiger partial charge in [0.05, 0.1) is 6.33 Å². The van der Waals surface area contributed by atoms with Crippen LogP contribution in [0.3, 0.4) is 0 Å². The van der Waals surface area contributed by atoms with Gasteiger partial charge in [-0.05, 0) is 38.7 Å². The fourth-order valence-corrected chi connectivity index (χ4v) is 2.19. The van der Waals surface area contributed by atoms with E-state index in [1.165, 1.54) is 5.56 Å². The predicted molar refractivity (Wildman–Crippen MR) is 83.0 cm³/mol. The zero-order valence-electron chi connectivity index (χ0n) is 12.8. The van der Waals surface area contributed by atoms with E-state index in [1.807, 2.05) is 56.0 Å². The van der Waals surface area contributed by atoms with E-state index in [9.17, 15) is 4.79 Å². The molecule has 1 unspecified atom stereocenters. The molecule has 0 aliphatic rings. The van der Waals surface area contributed by atoms with Crippen LogP contribution in [0.5, 0.6) is 0 Å². The Bertz CT molecular complexity index is 560. The zero-order valence-corrected chi connectivity index (χ0v) is 12.8. The molecule has 0 aliphatic heterocycles. The molecule has 5 nitrogen and oxygen atoms in total. The monoisotopic (exact) mass is 286 g/mol. The molecule has 1 amide bonds. The van der Waals surface area contributed by atoms with Crippen molar-refractivity contribution in [2.45, 2.75) is 26.1 Å². The number of hydrogen-bond acceptors (Lipinski definition) is 3. The minimum absolute atomic E-state index is 0.0426. The summed E-state index contributed by atoms with van der Waals surface area (Å²) in [5.41, 5.74) is 1.89. The number of carbonyl (C=O) groups excluding carboxylic acids is 1. The molecule has 1 aromatic heterocycles. The highest BCUT2D eigenvalue weighted by atomic mass is 16.1. The highest BCUT2D eigenvalue weighted by Gasteiger charge is 2.10. The van der Waals surface area contributed by atoms with Gasteiger partial charge in [0, 0.05) is 37.1 Å². The number of nitrogens with zero attached hydrogens (tertiary/aromatic N) is 3. The molecule has 0 fully saturated rings. The summed E-state index contributed by atoms with van der Waals surface area (Å²) in [5, 5.41) is 3.00. The van der Waals surface area contributed by atoms with Crippen molar-refractivity contribution in [3.63, 3.8) is 0 Å². The van der Waals surface area contributed by atoms with Crippen LogP contribution in [0.1, 0.15) is 22.8 Å². The number of amides is 1. The third kappa shape index (κ3) is 4.72. The van der Waals surface area contributed by atoms with Crippen LogP contribution in [-0.4, -0.2) is 40.5 Å². The number of rotatable bonds is 6. The summed E-state index contributed by atoms with van der Waals surface area (Å²) in [6.45, 7) is 3.57. The standard InChI is InChI=1S/C16H22N4O/c1-13(10-20-9-8-17-12-20)18-16(21)15-6-4-14(5-7-15)11-19(2)3/h4-9,12-13H,10-11H2,1-3H3,(H,18,21). The molecule has 21 heavy (non-hydrogen) atoms. The highest BCUT2D eigenvalue weighted by Crippen LogP contribution is 2.06. The topological polar surface area (TPSA) is 50.2 Å². The van der Waals surface area contributed by atoms with E-state index in [0.29, 0.717) is 12.1 Å². The fourth-order valence-electron chi connectivity index (χ4n) is 2.19. The van der Waals surface area contributed by atoms with E-state index in [-0.39, 0.29) is 11.9 Å². The van der Waals surface area contributed by atoms with Gasteiger partial charge in [0.25, 0.3) is 5.91 Å². The summed E-state index contributed by atoms with van der Waals surface area (Å²) in [6, 6.07) is 7.79. The lowest BCUT2D eigenvalue weighted by molar-refractivity contribution is 0.0936. The summed E-state index contributed by atoms with van der Waals surface area (Å²) >= 11 is 0. The summed E-state index contributed by atoms with van der Waals surface area (Å²) in [7, 11) is 4.05. The summed E-state index contributed by atoms with van der Waals surface area (Å²) < 4.78 is 1.95. The maximum absolute atomic E-state index is 12.2. The van der Waals surface area contributed by atoms with Crippen LogP contribution in [0.4, 0.5) is 0 Å². The molecule has 0 bridgehead atoms. The lowest BCUT2D eigenvalue weighted by Crippen LogP contribution is -2.35. The van der Waals surface area contributed by atoms with Crippen LogP contribution in [0.2, 0.25) is 0 Å². The minimum atomic E-state index is -0.0426. The molecule has 1 aromatic carbocycles. The molecule has 2 rings (SSSR count). The van der Waals surface area contributed by atoms with Crippen molar-refractivity contribution in [3.8, 4) is 0 Å². The Morgan fingerprint density at radius 2 is 2.05 bits per heavy atom. The molecular formula is C16H22N4O. The van der Waals surface area contributed by atoms with Gasteiger partial charge in [-0.15, -0.1) is 0 Å². The van der Waals surface area contributed by atoms with E-state index < -0.39 is 0 Å². The third-order valence-electron chi connectivity index (χ3n) is 3.14. The molecular weight excluding hydrogens is 264 g/mol. The number of aromatic nitrogens is 2. The Labute approximate surface area is 125 Å². The van der Waals surface area contributed by atoms with Gasteiger partial charge in [-0.25, -0.2) is 4.98 Å².